The Balaban J connectivity index is 2.16. The predicted molar refractivity (Wildman–Crippen MR) is 56.0 cm³/mol. The van der Waals surface area contributed by atoms with Crippen LogP contribution in [0, 0.1) is 5.41 Å². The van der Waals surface area contributed by atoms with E-state index in [-0.39, 0.29) is 0 Å². The minimum absolute atomic E-state index is 0.448. The fourth-order valence-electron chi connectivity index (χ4n) is 1.90. The van der Waals surface area contributed by atoms with Crippen molar-refractivity contribution < 1.29 is 5.21 Å². The molecule has 3 heteroatoms. The Hall–Kier alpha value is -1.06. The van der Waals surface area contributed by atoms with Gasteiger partial charge in [-0.1, -0.05) is 26.0 Å². The van der Waals surface area contributed by atoms with Gasteiger partial charge in [0.05, 0.1) is 5.69 Å². The van der Waals surface area contributed by atoms with Crippen molar-refractivity contribution in [2.45, 2.75) is 26.2 Å². The molecule has 1 aliphatic rings. The predicted octanol–water partition coefficient (Wildman–Crippen LogP) is 2.27. The average Bonchev–Trinajstić information content (AvgIpc) is 2.75. The van der Waals surface area contributed by atoms with E-state index in [0.717, 1.165) is 0 Å². The first-order valence-electron chi connectivity index (χ1n) is 4.84. The molecule has 2 rings (SSSR count). The monoisotopic (exact) mass is 192 g/mol. The highest BCUT2D eigenvalue weighted by Crippen LogP contribution is 2.58. The van der Waals surface area contributed by atoms with E-state index in [9.17, 15) is 0 Å². The van der Waals surface area contributed by atoms with Crippen LogP contribution in [-0.4, -0.2) is 5.21 Å². The molecule has 1 aromatic rings. The fourth-order valence-corrected chi connectivity index (χ4v) is 1.90. The number of benzene rings is 1. The maximum Gasteiger partial charge on any atom is 0.0818 e. The number of nitrogens with zero attached hydrogens (tertiary/aromatic N) is 1. The van der Waals surface area contributed by atoms with Crippen LogP contribution in [0.1, 0.15) is 31.7 Å². The van der Waals surface area contributed by atoms with Gasteiger partial charge in [0.25, 0.3) is 0 Å². The molecule has 1 fully saturated rings. The molecule has 0 radical (unpaired) electrons. The number of anilines is 1. The van der Waals surface area contributed by atoms with Crippen LogP contribution in [0.5, 0.6) is 0 Å². The van der Waals surface area contributed by atoms with E-state index in [1.54, 1.807) is 0 Å². The maximum atomic E-state index is 8.98. The summed E-state index contributed by atoms with van der Waals surface area (Å²) in [6.07, 6.45) is 1.25. The van der Waals surface area contributed by atoms with Gasteiger partial charge >= 0.3 is 0 Å². The molecule has 0 unspecified atom stereocenters. The van der Waals surface area contributed by atoms with Crippen LogP contribution >= 0.6 is 0 Å². The van der Waals surface area contributed by atoms with Crippen molar-refractivity contribution in [1.29, 1.82) is 0 Å². The molecular formula is C11H16N2O. The smallest absolute Gasteiger partial charge is 0.0818 e. The third-order valence-electron chi connectivity index (χ3n) is 3.07. The van der Waals surface area contributed by atoms with Gasteiger partial charge in [-0.15, -0.1) is 0 Å². The number of hydrazine groups is 1. The van der Waals surface area contributed by atoms with Crippen molar-refractivity contribution in [2.75, 3.05) is 5.17 Å². The lowest BCUT2D eigenvalue weighted by atomic mass is 10.0. The molecule has 0 amide bonds. The Morgan fingerprint density at radius 1 is 1.36 bits per heavy atom. The normalized spacial score (nSPS) is 23.3. The van der Waals surface area contributed by atoms with Gasteiger partial charge in [-0.3, -0.25) is 5.21 Å². The maximum absolute atomic E-state index is 8.98. The second kappa shape index (κ2) is 2.97. The third kappa shape index (κ3) is 1.61. The van der Waals surface area contributed by atoms with Gasteiger partial charge in [0.1, 0.15) is 0 Å². The van der Waals surface area contributed by atoms with Crippen molar-refractivity contribution in [3.63, 3.8) is 0 Å². The minimum Gasteiger partial charge on any atom is -0.273 e. The highest BCUT2D eigenvalue weighted by atomic mass is 16.5. The first kappa shape index (κ1) is 9.49. The first-order valence-corrected chi connectivity index (χ1v) is 4.84. The van der Waals surface area contributed by atoms with Crippen LogP contribution < -0.4 is 11.0 Å². The summed E-state index contributed by atoms with van der Waals surface area (Å²) in [6, 6.07) is 7.74. The second-order valence-electron chi connectivity index (χ2n) is 4.68. The quantitative estimate of drug-likeness (QED) is 0.558. The number of nitrogens with two attached hydrogens (primary N) is 1. The van der Waals surface area contributed by atoms with E-state index in [1.807, 2.05) is 24.3 Å². The zero-order valence-electron chi connectivity index (χ0n) is 8.57. The van der Waals surface area contributed by atoms with Crippen molar-refractivity contribution in [3.8, 4) is 0 Å². The molecule has 3 nitrogen and oxygen atoms in total. The molecule has 76 valence electrons. The lowest BCUT2D eigenvalue weighted by molar-refractivity contribution is 0.258. The molecule has 0 bridgehead atoms. The summed E-state index contributed by atoms with van der Waals surface area (Å²) in [7, 11) is 0. The largest absolute Gasteiger partial charge is 0.273 e. The number of rotatable bonds is 2. The standard InChI is InChI=1S/C11H16N2O/c1-11(2)7-10(11)8-3-5-9(6-4-8)13(12)14/h3-6,10,14H,7,12H2,1-2H3/t10-/m0/s1. The van der Waals surface area contributed by atoms with E-state index < -0.39 is 0 Å². The first-order chi connectivity index (χ1) is 6.50. The van der Waals surface area contributed by atoms with Crippen LogP contribution in [0.3, 0.4) is 0 Å². The summed E-state index contributed by atoms with van der Waals surface area (Å²) in [5.41, 5.74) is 2.40. The van der Waals surface area contributed by atoms with Crippen molar-refractivity contribution in [2.24, 2.45) is 11.3 Å². The van der Waals surface area contributed by atoms with E-state index in [4.69, 9.17) is 11.0 Å². The van der Waals surface area contributed by atoms with Crippen LogP contribution in [0.15, 0.2) is 24.3 Å². The SMILES string of the molecule is CC1(C)C[C@H]1c1ccc(N(N)O)cc1. The third-order valence-corrected chi connectivity index (χ3v) is 3.07. The van der Waals surface area contributed by atoms with Gasteiger partial charge in [0.2, 0.25) is 0 Å². The Morgan fingerprint density at radius 3 is 2.21 bits per heavy atom. The van der Waals surface area contributed by atoms with Crippen LogP contribution in [0.25, 0.3) is 0 Å². The van der Waals surface area contributed by atoms with Gasteiger partial charge in [0, 0.05) is 0 Å². The van der Waals surface area contributed by atoms with Crippen LogP contribution in [-0.2, 0) is 0 Å². The lowest BCUT2D eigenvalue weighted by Crippen LogP contribution is -2.25. The molecule has 1 aliphatic carbocycles. The molecular weight excluding hydrogens is 176 g/mol. The van der Waals surface area contributed by atoms with Gasteiger partial charge < -0.3 is 0 Å². The average molecular weight is 192 g/mol. The molecule has 3 N–H and O–H groups in total. The minimum atomic E-state index is 0.448. The summed E-state index contributed by atoms with van der Waals surface area (Å²) in [4.78, 5) is 0. The van der Waals surface area contributed by atoms with Gasteiger partial charge in [0.15, 0.2) is 0 Å². The topological polar surface area (TPSA) is 49.5 Å². The van der Waals surface area contributed by atoms with Gasteiger partial charge in [-0.25, -0.2) is 5.84 Å². The van der Waals surface area contributed by atoms with Gasteiger partial charge in [-0.2, -0.15) is 5.17 Å². The second-order valence-corrected chi connectivity index (χ2v) is 4.68. The van der Waals surface area contributed by atoms with Crippen molar-refractivity contribution in [1.82, 2.24) is 0 Å². The molecule has 0 saturated heterocycles. The van der Waals surface area contributed by atoms with Crippen LogP contribution in [0.4, 0.5) is 5.69 Å². The Kier molecular flexibility index (Phi) is 2.01. The highest BCUT2D eigenvalue weighted by Gasteiger charge is 2.46. The van der Waals surface area contributed by atoms with Gasteiger partial charge in [-0.05, 0) is 35.4 Å². The number of hydrogen-bond acceptors (Lipinski definition) is 3. The lowest BCUT2D eigenvalue weighted by Gasteiger charge is -2.10. The molecule has 0 heterocycles. The highest BCUT2D eigenvalue weighted by molar-refractivity contribution is 5.45. The number of hydrogen-bond donors (Lipinski definition) is 2. The fraction of sp³-hybridized carbons (Fsp3) is 0.455. The Morgan fingerprint density at radius 2 is 1.86 bits per heavy atom. The summed E-state index contributed by atoms with van der Waals surface area (Å²) in [5.74, 6) is 5.87. The zero-order chi connectivity index (χ0) is 10.3. The summed E-state index contributed by atoms with van der Waals surface area (Å²) >= 11 is 0. The summed E-state index contributed by atoms with van der Waals surface area (Å²) in [6.45, 7) is 4.54. The summed E-state index contributed by atoms with van der Waals surface area (Å²) < 4.78 is 0. The molecule has 0 aromatic heterocycles. The molecule has 0 spiro atoms. The van der Waals surface area contributed by atoms with Crippen LogP contribution in [0.2, 0.25) is 0 Å². The molecule has 1 atom stereocenters. The van der Waals surface area contributed by atoms with E-state index >= 15 is 0 Å². The van der Waals surface area contributed by atoms with E-state index in [2.05, 4.69) is 13.8 Å². The molecule has 14 heavy (non-hydrogen) atoms. The summed E-state index contributed by atoms with van der Waals surface area (Å²) in [5, 5.41) is 9.62. The molecule has 1 aromatic carbocycles. The van der Waals surface area contributed by atoms with Crippen molar-refractivity contribution >= 4 is 5.69 Å². The molecule has 0 aliphatic heterocycles. The van der Waals surface area contributed by atoms with E-state index in [0.29, 0.717) is 22.2 Å². The zero-order valence-corrected chi connectivity index (χ0v) is 8.57. The van der Waals surface area contributed by atoms with E-state index in [1.165, 1.54) is 12.0 Å². The van der Waals surface area contributed by atoms with Crippen molar-refractivity contribution in [3.05, 3.63) is 29.8 Å². The Bertz CT molecular complexity index is 330. The molecule has 1 saturated carbocycles. The Labute approximate surface area is 84.1 Å².